The highest BCUT2D eigenvalue weighted by molar-refractivity contribution is 6.36. The lowest BCUT2D eigenvalue weighted by Gasteiger charge is -2.32. The van der Waals surface area contributed by atoms with E-state index in [1.54, 1.807) is 19.1 Å². The Labute approximate surface area is 307 Å². The highest BCUT2D eigenvalue weighted by atomic mass is 35.5. The third-order valence-corrected chi connectivity index (χ3v) is 10.8. The molecule has 1 heterocycles. The van der Waals surface area contributed by atoms with Crippen LogP contribution in [0, 0.1) is 5.82 Å². The summed E-state index contributed by atoms with van der Waals surface area (Å²) < 4.78 is 27.9. The van der Waals surface area contributed by atoms with Gasteiger partial charge in [-0.3, -0.25) is 14.9 Å². The van der Waals surface area contributed by atoms with Gasteiger partial charge in [-0.15, -0.1) is 0 Å². The van der Waals surface area contributed by atoms with E-state index in [-0.39, 0.29) is 47.7 Å². The second kappa shape index (κ2) is 15.3. The van der Waals surface area contributed by atoms with Crippen LogP contribution in [0.5, 0.6) is 11.5 Å². The first-order chi connectivity index (χ1) is 24.5. The second-order valence-corrected chi connectivity index (χ2v) is 14.2. The number of rotatable bonds is 14. The van der Waals surface area contributed by atoms with E-state index in [4.69, 9.17) is 32.7 Å². The van der Waals surface area contributed by atoms with E-state index in [1.165, 1.54) is 0 Å². The number of hydrogen-bond acceptors (Lipinski definition) is 8. The largest absolute Gasteiger partial charge is 0.493 e. The summed E-state index contributed by atoms with van der Waals surface area (Å²) in [5, 5.41) is 19.0. The van der Waals surface area contributed by atoms with Crippen LogP contribution in [-0.2, 0) is 22.6 Å². The van der Waals surface area contributed by atoms with Crippen molar-refractivity contribution in [2.75, 3.05) is 52.7 Å². The first kappa shape index (κ1) is 36.8. The van der Waals surface area contributed by atoms with Crippen molar-refractivity contribution in [3.8, 4) is 22.6 Å². The zero-order valence-corrected chi connectivity index (χ0v) is 30.8. The normalized spacial score (nSPS) is 17.9. The van der Waals surface area contributed by atoms with Gasteiger partial charge in [0.1, 0.15) is 28.2 Å². The molecule has 13 heteroatoms. The summed E-state index contributed by atoms with van der Waals surface area (Å²) in [6.07, 6.45) is 2.70. The fourth-order valence-corrected chi connectivity index (χ4v) is 7.50. The smallest absolute Gasteiger partial charge is 0.323 e. The Morgan fingerprint density at radius 1 is 1.10 bits per heavy atom. The van der Waals surface area contributed by atoms with Crippen molar-refractivity contribution in [1.29, 1.82) is 0 Å². The van der Waals surface area contributed by atoms with E-state index in [2.05, 4.69) is 27.9 Å². The molecule has 272 valence electrons. The molecule has 1 fully saturated rings. The number of carboxylic acids is 1. The van der Waals surface area contributed by atoms with Crippen LogP contribution >= 0.6 is 23.2 Å². The van der Waals surface area contributed by atoms with Crippen LogP contribution in [0.25, 0.3) is 11.1 Å². The lowest BCUT2D eigenvalue weighted by molar-refractivity contribution is -0.140. The number of carbonyl (C=O) groups excluding carboxylic acids is 1. The minimum absolute atomic E-state index is 0.0484. The van der Waals surface area contributed by atoms with Crippen molar-refractivity contribution in [2.45, 2.75) is 57.2 Å². The molecule has 1 atom stereocenters. The van der Waals surface area contributed by atoms with E-state index in [0.717, 1.165) is 53.2 Å². The average molecular weight is 741 g/mol. The predicted octanol–water partition coefficient (Wildman–Crippen LogP) is 6.61. The summed E-state index contributed by atoms with van der Waals surface area (Å²) in [6.45, 7) is 3.92. The monoisotopic (exact) mass is 739 g/mol. The maximum Gasteiger partial charge on any atom is 0.323 e. The van der Waals surface area contributed by atoms with Crippen LogP contribution in [-0.4, -0.2) is 79.7 Å². The molecule has 3 aromatic rings. The fourth-order valence-electron chi connectivity index (χ4n) is 7.02. The molecular formula is C38H44Cl2FN5O5. The quantitative estimate of drug-likeness (QED) is 0.145. The molecule has 0 aromatic heterocycles. The summed E-state index contributed by atoms with van der Waals surface area (Å²) in [4.78, 5) is 29.1. The maximum atomic E-state index is 15.7. The molecule has 3 aromatic carbocycles. The topological polar surface area (TPSA) is 115 Å². The van der Waals surface area contributed by atoms with Crippen molar-refractivity contribution >= 4 is 40.8 Å². The van der Waals surface area contributed by atoms with Gasteiger partial charge in [0.15, 0.2) is 5.82 Å². The third kappa shape index (κ3) is 7.62. The van der Waals surface area contributed by atoms with E-state index < -0.39 is 23.4 Å². The number of aliphatic carboxylic acids is 1. The Hall–Kier alpha value is -4.03. The van der Waals surface area contributed by atoms with Crippen molar-refractivity contribution in [3.63, 3.8) is 0 Å². The van der Waals surface area contributed by atoms with Crippen molar-refractivity contribution in [3.05, 3.63) is 86.4 Å². The summed E-state index contributed by atoms with van der Waals surface area (Å²) in [5.41, 5.74) is 5.55. The first-order valence-corrected chi connectivity index (χ1v) is 18.0. The van der Waals surface area contributed by atoms with Crippen LogP contribution in [0.2, 0.25) is 10.0 Å². The molecule has 4 N–H and O–H groups in total. The number of hydrogen-bond donors (Lipinski definition) is 4. The third-order valence-electron chi connectivity index (χ3n) is 9.99. The number of amides is 1. The number of halogens is 3. The number of carboxylic acid groups (broad SMARTS) is 1. The summed E-state index contributed by atoms with van der Waals surface area (Å²) >= 11 is 13.5. The minimum Gasteiger partial charge on any atom is -0.493 e. The zero-order chi connectivity index (χ0) is 36.4. The van der Waals surface area contributed by atoms with Gasteiger partial charge in [0, 0.05) is 68.7 Å². The summed E-state index contributed by atoms with van der Waals surface area (Å²) in [6, 6.07) is 13.1. The van der Waals surface area contributed by atoms with E-state index in [1.807, 2.05) is 49.3 Å². The molecule has 1 aliphatic heterocycles. The Morgan fingerprint density at radius 2 is 1.84 bits per heavy atom. The Kier molecular flexibility index (Phi) is 11.0. The van der Waals surface area contributed by atoms with Gasteiger partial charge in [-0.05, 0) is 62.4 Å². The van der Waals surface area contributed by atoms with Crippen LogP contribution in [0.1, 0.15) is 55.4 Å². The first-order valence-electron chi connectivity index (χ1n) is 17.2. The standard InChI is InChI=1S/C38H44Cl2FN5O5/c1-5-50-31-18-32(35(40)36(41)26(31)19-43-38(15-16-38)37(48)49)51-30-13-12-23-22(8-6-9-24(23)30)25-10-7-11-27(34(25)39)44-33(47)21-46(4)29-14-17-45(3)20-28(29)42-2/h6-11,18,30,42-43H,5,12-17,19-21H2,1-4H3,(H,44,47)(H,48,49). The van der Waals surface area contributed by atoms with E-state index >= 15 is 4.39 Å². The number of likely N-dealkylation sites (N-methyl/N-ethyl adjacent to an activating group) is 3. The van der Waals surface area contributed by atoms with Crippen LogP contribution < -0.4 is 25.4 Å². The molecule has 1 unspecified atom stereocenters. The van der Waals surface area contributed by atoms with Gasteiger partial charge in [0.25, 0.3) is 0 Å². The number of anilines is 1. The molecule has 0 spiro atoms. The summed E-state index contributed by atoms with van der Waals surface area (Å²) in [7, 11) is 5.91. The predicted molar refractivity (Wildman–Crippen MR) is 197 cm³/mol. The Morgan fingerprint density at radius 3 is 2.55 bits per heavy atom. The van der Waals surface area contributed by atoms with E-state index in [9.17, 15) is 14.7 Å². The molecule has 51 heavy (non-hydrogen) atoms. The summed E-state index contributed by atoms with van der Waals surface area (Å²) in [5.74, 6) is -1.44. The van der Waals surface area contributed by atoms with Crippen molar-refractivity contribution in [2.24, 2.45) is 0 Å². The number of nitrogens with zero attached hydrogens (tertiary/aromatic N) is 2. The zero-order valence-electron chi connectivity index (χ0n) is 29.3. The van der Waals surface area contributed by atoms with Gasteiger partial charge in [-0.1, -0.05) is 53.5 Å². The molecule has 2 aliphatic carbocycles. The van der Waals surface area contributed by atoms with Crippen molar-refractivity contribution in [1.82, 2.24) is 20.4 Å². The van der Waals surface area contributed by atoms with Gasteiger partial charge in [-0.2, -0.15) is 0 Å². The van der Waals surface area contributed by atoms with Gasteiger partial charge in [0.2, 0.25) is 5.91 Å². The SMILES string of the molecule is CCOc1cc(OC2CCc3c(-c4cccc(NC(=O)CN(C)C5=C(NC)CN(C)CC5)c4Cl)cccc32)c(Cl)c(F)c1CNC1(C(=O)O)CC1. The number of nitrogens with one attached hydrogen (secondary N) is 3. The Bertz CT molecular complexity index is 1870. The minimum atomic E-state index is -1.05. The molecule has 10 nitrogen and oxygen atoms in total. The molecule has 6 rings (SSSR count). The molecule has 0 bridgehead atoms. The molecule has 1 amide bonds. The molecular weight excluding hydrogens is 696 g/mol. The molecule has 1 saturated carbocycles. The van der Waals surface area contributed by atoms with Gasteiger partial charge >= 0.3 is 5.97 Å². The number of carbonyl (C=O) groups is 2. The lowest BCUT2D eigenvalue weighted by atomic mass is 9.96. The van der Waals surface area contributed by atoms with Crippen LogP contribution in [0.3, 0.4) is 0 Å². The van der Waals surface area contributed by atoms with Crippen LogP contribution in [0.15, 0.2) is 53.9 Å². The average Bonchev–Trinajstić information content (AvgIpc) is 3.80. The highest BCUT2D eigenvalue weighted by Gasteiger charge is 2.50. The molecule has 0 radical (unpaired) electrons. The second-order valence-electron chi connectivity index (χ2n) is 13.4. The highest BCUT2D eigenvalue weighted by Crippen LogP contribution is 2.46. The maximum absolute atomic E-state index is 15.7. The van der Waals surface area contributed by atoms with Crippen molar-refractivity contribution < 1.29 is 28.6 Å². The van der Waals surface area contributed by atoms with Gasteiger partial charge in [0.05, 0.1) is 23.9 Å². The number of fused-ring (bicyclic) bond motifs is 1. The Balaban J connectivity index is 1.20. The van der Waals surface area contributed by atoms with Gasteiger partial charge in [-0.25, -0.2) is 4.39 Å². The fraction of sp³-hybridized carbons (Fsp3) is 0.421. The van der Waals surface area contributed by atoms with Gasteiger partial charge < -0.3 is 35.0 Å². The van der Waals surface area contributed by atoms with E-state index in [0.29, 0.717) is 36.4 Å². The van der Waals surface area contributed by atoms with Crippen LogP contribution in [0.4, 0.5) is 10.1 Å². The number of ether oxygens (including phenoxy) is 2. The number of benzene rings is 3. The molecule has 3 aliphatic rings. The lowest BCUT2D eigenvalue weighted by Crippen LogP contribution is -2.39. The molecule has 0 saturated heterocycles.